The highest BCUT2D eigenvalue weighted by Crippen LogP contribution is 2.42. The second-order valence-corrected chi connectivity index (χ2v) is 15.4. The summed E-state index contributed by atoms with van der Waals surface area (Å²) in [6.07, 6.45) is 18.6. The number of carboxylic acids is 4. The summed E-state index contributed by atoms with van der Waals surface area (Å²) in [4.78, 5) is 48.3. The van der Waals surface area contributed by atoms with Crippen LogP contribution in [0.3, 0.4) is 0 Å². The van der Waals surface area contributed by atoms with Crippen LogP contribution < -0.4 is 0 Å². The standard InChI is InChI=1S/C38H54O8S2/c1-3-5-7-9-11-13-17-25-29-23-34-30(24-33(29)47-31(25)21-15-19-27(35(39)40)36(41)42)26(18-14-12-10-8-6-4-2)32(48-34)22-16-20-28(37(43)44)38(45)46/h23-24,27-28H,3-22H2,1-2H3,(H,39,40)(H,41,42)(H,43,44)(H,45,46). The molecular weight excluding hydrogens is 649 g/mol. The monoisotopic (exact) mass is 702 g/mol. The van der Waals surface area contributed by atoms with Crippen LogP contribution in [0.1, 0.15) is 137 Å². The van der Waals surface area contributed by atoms with Crippen molar-refractivity contribution >= 4 is 66.7 Å². The third kappa shape index (κ3) is 11.6. The summed E-state index contributed by atoms with van der Waals surface area (Å²) in [5, 5.41) is 39.9. The lowest BCUT2D eigenvalue weighted by molar-refractivity contribution is -0.156. The number of fused-ring (bicyclic) bond motifs is 2. The van der Waals surface area contributed by atoms with Gasteiger partial charge in [-0.2, -0.15) is 0 Å². The minimum absolute atomic E-state index is 0.0981. The Balaban J connectivity index is 1.93. The van der Waals surface area contributed by atoms with Crippen molar-refractivity contribution in [2.45, 2.75) is 142 Å². The highest BCUT2D eigenvalue weighted by molar-refractivity contribution is 7.21. The van der Waals surface area contributed by atoms with E-state index in [1.54, 1.807) is 22.7 Å². The zero-order valence-corrected chi connectivity index (χ0v) is 30.3. The second-order valence-electron chi connectivity index (χ2n) is 13.1. The summed E-state index contributed by atoms with van der Waals surface area (Å²) in [7, 11) is 0. The predicted octanol–water partition coefficient (Wildman–Crippen LogP) is 10.1. The van der Waals surface area contributed by atoms with Crippen molar-refractivity contribution in [2.24, 2.45) is 11.8 Å². The lowest BCUT2D eigenvalue weighted by Gasteiger charge is -2.08. The van der Waals surface area contributed by atoms with Crippen LogP contribution in [0.5, 0.6) is 0 Å². The van der Waals surface area contributed by atoms with Gasteiger partial charge in [0.2, 0.25) is 0 Å². The summed E-state index contributed by atoms with van der Waals surface area (Å²) in [5.74, 6) is -7.95. The number of carbonyl (C=O) groups is 4. The van der Waals surface area contributed by atoms with E-state index in [-0.39, 0.29) is 12.8 Å². The quantitative estimate of drug-likeness (QED) is 0.0477. The Morgan fingerprint density at radius 3 is 1.17 bits per heavy atom. The van der Waals surface area contributed by atoms with E-state index in [1.807, 2.05) is 0 Å². The van der Waals surface area contributed by atoms with Gasteiger partial charge in [0.25, 0.3) is 0 Å². The summed E-state index contributed by atoms with van der Waals surface area (Å²) in [5.41, 5.74) is 2.60. The smallest absolute Gasteiger partial charge is 0.317 e. The van der Waals surface area contributed by atoms with Crippen molar-refractivity contribution in [2.75, 3.05) is 0 Å². The fourth-order valence-corrected chi connectivity index (χ4v) is 9.28. The molecule has 0 radical (unpaired) electrons. The first-order valence-corrected chi connectivity index (χ1v) is 19.6. The topological polar surface area (TPSA) is 149 Å². The Morgan fingerprint density at radius 1 is 0.500 bits per heavy atom. The summed E-state index contributed by atoms with van der Waals surface area (Å²) >= 11 is 3.48. The van der Waals surface area contributed by atoms with Gasteiger partial charge in [-0.3, -0.25) is 19.2 Å². The van der Waals surface area contributed by atoms with Crippen molar-refractivity contribution in [1.82, 2.24) is 0 Å². The maximum absolute atomic E-state index is 11.5. The molecule has 0 aliphatic rings. The van der Waals surface area contributed by atoms with E-state index in [0.29, 0.717) is 25.7 Å². The highest BCUT2D eigenvalue weighted by Gasteiger charge is 2.27. The van der Waals surface area contributed by atoms with Crippen molar-refractivity contribution in [3.8, 4) is 0 Å². The van der Waals surface area contributed by atoms with Crippen molar-refractivity contribution < 1.29 is 39.6 Å². The first-order valence-electron chi connectivity index (χ1n) is 18.0. The van der Waals surface area contributed by atoms with E-state index in [9.17, 15) is 39.6 Å². The molecule has 2 aromatic heterocycles. The molecule has 48 heavy (non-hydrogen) atoms. The van der Waals surface area contributed by atoms with Gasteiger partial charge in [-0.05, 0) is 98.2 Å². The number of carboxylic acid groups (broad SMARTS) is 4. The van der Waals surface area contributed by atoms with Crippen molar-refractivity contribution in [1.29, 1.82) is 0 Å². The molecular formula is C38H54O8S2. The SMILES string of the molecule is CCCCCCCCc1c(CCCC(C(=O)O)C(=O)O)sc2cc3c(CCCCCCCC)c(CCCC(C(=O)O)C(=O)O)sc3cc12. The van der Waals surface area contributed by atoms with Crippen LogP contribution in [0.2, 0.25) is 0 Å². The number of rotatable bonds is 26. The van der Waals surface area contributed by atoms with Crippen molar-refractivity contribution in [3.63, 3.8) is 0 Å². The maximum atomic E-state index is 11.5. The normalized spacial score (nSPS) is 11.8. The summed E-state index contributed by atoms with van der Waals surface area (Å²) in [6, 6.07) is 4.59. The lowest BCUT2D eigenvalue weighted by Crippen LogP contribution is -2.23. The molecule has 0 aliphatic heterocycles. The van der Waals surface area contributed by atoms with E-state index in [1.165, 1.54) is 92.4 Å². The lowest BCUT2D eigenvalue weighted by atomic mass is 9.96. The molecule has 0 atom stereocenters. The number of thiophene rings is 2. The van der Waals surface area contributed by atoms with Gasteiger partial charge in [-0.25, -0.2) is 0 Å². The molecule has 0 amide bonds. The van der Waals surface area contributed by atoms with E-state index in [2.05, 4.69) is 26.0 Å². The van der Waals surface area contributed by atoms with E-state index in [0.717, 1.165) is 38.5 Å². The summed E-state index contributed by atoms with van der Waals surface area (Å²) < 4.78 is 2.38. The maximum Gasteiger partial charge on any atom is 0.317 e. The first kappa shape index (κ1) is 39.5. The minimum Gasteiger partial charge on any atom is -0.481 e. The van der Waals surface area contributed by atoms with Gasteiger partial charge in [0.1, 0.15) is 0 Å². The number of aliphatic carboxylic acids is 4. The molecule has 0 bridgehead atoms. The van der Waals surface area contributed by atoms with Crippen LogP contribution in [-0.2, 0) is 44.9 Å². The van der Waals surface area contributed by atoms with E-state index in [4.69, 9.17) is 0 Å². The number of unbranched alkanes of at least 4 members (excludes halogenated alkanes) is 10. The number of hydrogen-bond donors (Lipinski definition) is 4. The molecule has 0 spiro atoms. The first-order chi connectivity index (χ1) is 23.1. The zero-order valence-electron chi connectivity index (χ0n) is 28.7. The van der Waals surface area contributed by atoms with Gasteiger partial charge in [0.15, 0.2) is 11.8 Å². The molecule has 0 saturated carbocycles. The number of hydrogen-bond acceptors (Lipinski definition) is 6. The molecule has 8 nitrogen and oxygen atoms in total. The Labute approximate surface area is 292 Å². The van der Waals surface area contributed by atoms with Gasteiger partial charge in [0.05, 0.1) is 0 Å². The van der Waals surface area contributed by atoms with Crippen molar-refractivity contribution in [3.05, 3.63) is 33.0 Å². The number of benzene rings is 1. The predicted molar refractivity (Wildman–Crippen MR) is 195 cm³/mol. The molecule has 0 aliphatic carbocycles. The molecule has 2 heterocycles. The van der Waals surface area contributed by atoms with Gasteiger partial charge in [-0.1, -0.05) is 78.1 Å². The Hall–Kier alpha value is -2.98. The van der Waals surface area contributed by atoms with Crippen LogP contribution >= 0.6 is 22.7 Å². The molecule has 3 aromatic rings. The fraction of sp³-hybridized carbons (Fsp3) is 0.632. The Bertz CT molecular complexity index is 1360. The Morgan fingerprint density at radius 2 is 0.833 bits per heavy atom. The molecule has 0 unspecified atom stereocenters. The van der Waals surface area contributed by atoms with E-state index >= 15 is 0 Å². The average molecular weight is 703 g/mol. The second kappa shape index (κ2) is 20.5. The van der Waals surface area contributed by atoms with Crippen LogP contribution in [0.4, 0.5) is 0 Å². The Kier molecular flexibility index (Phi) is 16.9. The number of aryl methyl sites for hydroxylation is 4. The molecule has 266 valence electrons. The highest BCUT2D eigenvalue weighted by atomic mass is 32.1. The largest absolute Gasteiger partial charge is 0.481 e. The zero-order chi connectivity index (χ0) is 35.1. The molecule has 1 aromatic carbocycles. The minimum atomic E-state index is -1.39. The van der Waals surface area contributed by atoms with Crippen LogP contribution in [0, 0.1) is 11.8 Å². The van der Waals surface area contributed by atoms with Gasteiger partial charge in [0, 0.05) is 19.2 Å². The van der Waals surface area contributed by atoms with Crippen LogP contribution in [-0.4, -0.2) is 44.3 Å². The van der Waals surface area contributed by atoms with Gasteiger partial charge < -0.3 is 20.4 Å². The molecule has 4 N–H and O–H groups in total. The van der Waals surface area contributed by atoms with E-state index < -0.39 is 35.7 Å². The summed E-state index contributed by atoms with van der Waals surface area (Å²) in [6.45, 7) is 4.42. The van der Waals surface area contributed by atoms with Crippen LogP contribution in [0.15, 0.2) is 12.1 Å². The molecule has 0 fully saturated rings. The average Bonchev–Trinajstić information content (AvgIpc) is 3.54. The fourth-order valence-electron chi connectivity index (χ4n) is 6.64. The molecule has 10 heteroatoms. The van der Waals surface area contributed by atoms with Crippen LogP contribution in [0.25, 0.3) is 20.2 Å². The van der Waals surface area contributed by atoms with Gasteiger partial charge in [-0.15, -0.1) is 22.7 Å². The third-order valence-corrected chi connectivity index (χ3v) is 11.9. The molecule has 3 rings (SSSR count). The van der Waals surface area contributed by atoms with Gasteiger partial charge >= 0.3 is 23.9 Å². The molecule has 0 saturated heterocycles. The third-order valence-electron chi connectivity index (χ3n) is 9.42.